The van der Waals surface area contributed by atoms with Crippen LogP contribution in [0.5, 0.6) is 5.75 Å². The molecule has 5 heteroatoms. The fourth-order valence-corrected chi connectivity index (χ4v) is 1.65. The fourth-order valence-electron chi connectivity index (χ4n) is 1.65. The van der Waals surface area contributed by atoms with Gasteiger partial charge >= 0.3 is 0 Å². The monoisotopic (exact) mass is 241 g/mol. The molecule has 0 saturated carbocycles. The van der Waals surface area contributed by atoms with Crippen molar-refractivity contribution >= 4 is 16.9 Å². The Kier molecular flexibility index (Phi) is 2.57. The van der Waals surface area contributed by atoms with Crippen molar-refractivity contribution < 1.29 is 9.52 Å². The van der Waals surface area contributed by atoms with Gasteiger partial charge in [0.1, 0.15) is 5.75 Å². The van der Waals surface area contributed by atoms with Gasteiger partial charge in [-0.2, -0.15) is 4.98 Å². The molecule has 0 aliphatic rings. The molecular formula is C13H11N3O2. The summed E-state index contributed by atoms with van der Waals surface area (Å²) >= 11 is 0. The molecule has 2 N–H and O–H groups in total. The number of hydrogen-bond donors (Lipinski definition) is 2. The van der Waals surface area contributed by atoms with E-state index >= 15 is 0 Å². The minimum absolute atomic E-state index is 0.242. The third kappa shape index (κ3) is 2.10. The van der Waals surface area contributed by atoms with Crippen molar-refractivity contribution in [1.29, 1.82) is 0 Å². The van der Waals surface area contributed by atoms with Gasteiger partial charge in [-0.15, -0.1) is 0 Å². The first-order valence-electron chi connectivity index (χ1n) is 5.54. The average molecular weight is 241 g/mol. The van der Waals surface area contributed by atoms with Crippen LogP contribution in [-0.2, 0) is 6.54 Å². The van der Waals surface area contributed by atoms with Gasteiger partial charge in [0.25, 0.3) is 0 Å². The molecular weight excluding hydrogens is 230 g/mol. The van der Waals surface area contributed by atoms with Crippen LogP contribution in [-0.4, -0.2) is 15.1 Å². The molecule has 2 aromatic heterocycles. The molecule has 0 amide bonds. The minimum Gasteiger partial charge on any atom is -0.508 e. The zero-order valence-electron chi connectivity index (χ0n) is 9.50. The number of anilines is 1. The summed E-state index contributed by atoms with van der Waals surface area (Å²) in [7, 11) is 0. The van der Waals surface area contributed by atoms with E-state index in [2.05, 4.69) is 15.3 Å². The number of oxazole rings is 1. The third-order valence-corrected chi connectivity index (χ3v) is 2.52. The highest BCUT2D eigenvalue weighted by Gasteiger charge is 2.05. The van der Waals surface area contributed by atoms with Crippen molar-refractivity contribution in [3.63, 3.8) is 0 Å². The summed E-state index contributed by atoms with van der Waals surface area (Å²) < 4.78 is 5.53. The Balaban J connectivity index is 1.74. The molecule has 0 spiro atoms. The van der Waals surface area contributed by atoms with Crippen molar-refractivity contribution in [3.8, 4) is 5.75 Å². The number of pyridine rings is 1. The highest BCUT2D eigenvalue weighted by atomic mass is 16.3. The number of phenolic OH excluding ortho intramolecular Hbond substituents is 1. The van der Waals surface area contributed by atoms with Gasteiger partial charge in [0.15, 0.2) is 11.2 Å². The van der Waals surface area contributed by atoms with Crippen LogP contribution >= 0.6 is 0 Å². The first-order valence-corrected chi connectivity index (χ1v) is 5.54. The summed E-state index contributed by atoms with van der Waals surface area (Å²) in [6.45, 7) is 0.473. The summed E-state index contributed by atoms with van der Waals surface area (Å²) in [6.07, 6.45) is 1.68. The Morgan fingerprint density at radius 2 is 2.00 bits per heavy atom. The second-order valence-electron chi connectivity index (χ2n) is 3.83. The zero-order valence-corrected chi connectivity index (χ0v) is 9.50. The third-order valence-electron chi connectivity index (χ3n) is 2.52. The molecule has 0 aliphatic heterocycles. The largest absolute Gasteiger partial charge is 0.508 e. The molecule has 2 heterocycles. The number of rotatable bonds is 3. The maximum Gasteiger partial charge on any atom is 0.216 e. The van der Waals surface area contributed by atoms with Crippen LogP contribution in [0.15, 0.2) is 47.0 Å². The van der Waals surface area contributed by atoms with Gasteiger partial charge < -0.3 is 14.8 Å². The van der Waals surface area contributed by atoms with E-state index in [9.17, 15) is 5.11 Å². The molecule has 0 bridgehead atoms. The number of hydrogen-bond acceptors (Lipinski definition) is 5. The van der Waals surface area contributed by atoms with Gasteiger partial charge in [0, 0.05) is 11.9 Å². The number of nitrogens with one attached hydrogen (secondary N) is 1. The van der Waals surface area contributed by atoms with Crippen LogP contribution < -0.4 is 5.32 Å². The van der Waals surface area contributed by atoms with E-state index in [1.165, 1.54) is 0 Å². The lowest BCUT2D eigenvalue weighted by Crippen LogP contribution is -1.98. The number of phenols is 1. The number of benzene rings is 1. The Labute approximate surface area is 103 Å². The maximum atomic E-state index is 9.17. The molecule has 0 unspecified atom stereocenters. The highest BCUT2D eigenvalue weighted by molar-refractivity contribution is 5.66. The van der Waals surface area contributed by atoms with Crippen LogP contribution in [0, 0.1) is 0 Å². The molecule has 18 heavy (non-hydrogen) atoms. The van der Waals surface area contributed by atoms with E-state index in [1.54, 1.807) is 30.5 Å². The average Bonchev–Trinajstić information content (AvgIpc) is 2.81. The van der Waals surface area contributed by atoms with E-state index in [0.717, 1.165) is 5.69 Å². The number of aromatic nitrogens is 2. The van der Waals surface area contributed by atoms with Crippen molar-refractivity contribution in [2.45, 2.75) is 6.54 Å². The Morgan fingerprint density at radius 1 is 1.17 bits per heavy atom. The van der Waals surface area contributed by atoms with Gasteiger partial charge in [-0.1, -0.05) is 0 Å². The molecule has 90 valence electrons. The zero-order chi connectivity index (χ0) is 12.4. The lowest BCUT2D eigenvalue weighted by Gasteiger charge is -2.02. The summed E-state index contributed by atoms with van der Waals surface area (Å²) in [4.78, 5) is 8.36. The van der Waals surface area contributed by atoms with Crippen molar-refractivity contribution in [3.05, 3.63) is 48.5 Å². The summed E-state index contributed by atoms with van der Waals surface area (Å²) in [5, 5.41) is 12.3. The van der Waals surface area contributed by atoms with Crippen LogP contribution in [0.3, 0.4) is 0 Å². The maximum absolute atomic E-state index is 9.17. The molecule has 0 aliphatic carbocycles. The van der Waals surface area contributed by atoms with Gasteiger partial charge in [-0.3, -0.25) is 0 Å². The van der Waals surface area contributed by atoms with Crippen molar-refractivity contribution in [2.75, 3.05) is 5.32 Å². The number of fused-ring (bicyclic) bond motifs is 1. The standard InChI is InChI=1S/C13H11N3O2/c17-10-5-3-9(4-6-10)15-8-12-16-13-11(18-12)2-1-7-14-13/h1-7,15,17H,8H2. The first-order chi connectivity index (χ1) is 8.81. The van der Waals surface area contributed by atoms with Gasteiger partial charge in [0.05, 0.1) is 6.54 Å². The predicted octanol–water partition coefficient (Wildman–Crippen LogP) is 2.54. The Morgan fingerprint density at radius 3 is 2.78 bits per heavy atom. The molecule has 5 nitrogen and oxygen atoms in total. The summed E-state index contributed by atoms with van der Waals surface area (Å²) in [5.74, 6) is 0.823. The van der Waals surface area contributed by atoms with Crippen LogP contribution in [0.25, 0.3) is 11.2 Å². The Hall–Kier alpha value is -2.56. The fraction of sp³-hybridized carbons (Fsp3) is 0.0769. The quantitative estimate of drug-likeness (QED) is 0.689. The minimum atomic E-state index is 0.242. The topological polar surface area (TPSA) is 71.2 Å². The van der Waals surface area contributed by atoms with Crippen LogP contribution in [0.2, 0.25) is 0 Å². The van der Waals surface area contributed by atoms with E-state index in [1.807, 2.05) is 12.1 Å². The first kappa shape index (κ1) is 10.6. The van der Waals surface area contributed by atoms with E-state index in [0.29, 0.717) is 23.7 Å². The van der Waals surface area contributed by atoms with Gasteiger partial charge in [-0.05, 0) is 36.4 Å². The van der Waals surface area contributed by atoms with Crippen LogP contribution in [0.4, 0.5) is 5.69 Å². The molecule has 3 aromatic rings. The molecule has 0 saturated heterocycles. The molecule has 0 radical (unpaired) electrons. The van der Waals surface area contributed by atoms with Gasteiger partial charge in [-0.25, -0.2) is 4.98 Å². The Bertz CT molecular complexity index is 628. The normalized spacial score (nSPS) is 10.7. The molecule has 0 atom stereocenters. The van der Waals surface area contributed by atoms with Crippen LogP contribution in [0.1, 0.15) is 5.89 Å². The highest BCUT2D eigenvalue weighted by Crippen LogP contribution is 2.16. The van der Waals surface area contributed by atoms with E-state index < -0.39 is 0 Å². The second-order valence-corrected chi connectivity index (χ2v) is 3.83. The lowest BCUT2D eigenvalue weighted by atomic mass is 10.3. The molecule has 1 aromatic carbocycles. The SMILES string of the molecule is Oc1ccc(NCc2nc3ncccc3o2)cc1. The second kappa shape index (κ2) is 4.37. The number of aromatic hydroxyl groups is 1. The summed E-state index contributed by atoms with van der Waals surface area (Å²) in [5.41, 5.74) is 2.18. The number of nitrogens with zero attached hydrogens (tertiary/aromatic N) is 2. The lowest BCUT2D eigenvalue weighted by molar-refractivity contribution is 0.475. The van der Waals surface area contributed by atoms with Crippen molar-refractivity contribution in [1.82, 2.24) is 9.97 Å². The van der Waals surface area contributed by atoms with Crippen molar-refractivity contribution in [2.24, 2.45) is 0 Å². The smallest absolute Gasteiger partial charge is 0.216 e. The molecule has 0 fully saturated rings. The van der Waals surface area contributed by atoms with E-state index in [4.69, 9.17) is 4.42 Å². The molecule has 3 rings (SSSR count). The van der Waals surface area contributed by atoms with Gasteiger partial charge in [0.2, 0.25) is 5.89 Å². The van der Waals surface area contributed by atoms with E-state index in [-0.39, 0.29) is 5.75 Å². The predicted molar refractivity (Wildman–Crippen MR) is 67.2 cm³/mol. The summed E-state index contributed by atoms with van der Waals surface area (Å²) in [6, 6.07) is 10.5.